The van der Waals surface area contributed by atoms with E-state index in [4.69, 9.17) is 4.98 Å². The fraction of sp³-hybridized carbons (Fsp3) is 0.409. The summed E-state index contributed by atoms with van der Waals surface area (Å²) in [5.41, 5.74) is 1.87. The molecule has 0 saturated heterocycles. The van der Waals surface area contributed by atoms with Gasteiger partial charge in [-0.2, -0.15) is 0 Å². The van der Waals surface area contributed by atoms with Crippen LogP contribution >= 0.6 is 11.3 Å². The van der Waals surface area contributed by atoms with Crippen molar-refractivity contribution in [2.75, 3.05) is 5.32 Å². The molecule has 9 heteroatoms. The van der Waals surface area contributed by atoms with Crippen LogP contribution in [-0.2, 0) is 30.6 Å². The van der Waals surface area contributed by atoms with Crippen LogP contribution in [0.2, 0.25) is 0 Å². The molecule has 1 amide bonds. The van der Waals surface area contributed by atoms with E-state index in [1.165, 1.54) is 21.6 Å². The largest absolute Gasteiger partial charge is 0.324 e. The molecule has 0 saturated carbocycles. The van der Waals surface area contributed by atoms with Crippen molar-refractivity contribution in [1.29, 1.82) is 0 Å². The van der Waals surface area contributed by atoms with Gasteiger partial charge in [0.2, 0.25) is 5.91 Å². The van der Waals surface area contributed by atoms with Crippen molar-refractivity contribution in [3.63, 3.8) is 0 Å². The van der Waals surface area contributed by atoms with E-state index in [-0.39, 0.29) is 17.8 Å². The van der Waals surface area contributed by atoms with Crippen molar-refractivity contribution < 1.29 is 9.72 Å². The third-order valence-corrected chi connectivity index (χ3v) is 6.97. The standard InChI is InChI=1S/C22H24N4O4S/c1-4-18-24-21-20(15-8-5-12(2)9-17(15)31-21)22(28)25(18)11-19(27)23-16-10-14(26(29)30)7-6-13(16)3/h6-7,10,12H,4-5,8-9,11H2,1-3H3,(H,23,27). The zero-order valence-electron chi connectivity index (χ0n) is 17.7. The minimum atomic E-state index is -0.507. The van der Waals surface area contributed by atoms with Crippen LogP contribution < -0.4 is 10.9 Å². The van der Waals surface area contributed by atoms with Crippen molar-refractivity contribution in [2.45, 2.75) is 53.0 Å². The molecule has 4 rings (SSSR count). The van der Waals surface area contributed by atoms with E-state index in [1.54, 1.807) is 24.3 Å². The van der Waals surface area contributed by atoms with E-state index in [2.05, 4.69) is 12.2 Å². The van der Waals surface area contributed by atoms with Crippen LogP contribution in [0, 0.1) is 23.0 Å². The molecule has 8 nitrogen and oxygen atoms in total. The van der Waals surface area contributed by atoms with Crippen molar-refractivity contribution >= 4 is 38.8 Å². The molecule has 2 heterocycles. The maximum atomic E-state index is 13.4. The van der Waals surface area contributed by atoms with Crippen molar-refractivity contribution in [2.24, 2.45) is 5.92 Å². The molecule has 3 aromatic rings. The molecule has 1 aliphatic rings. The number of aryl methyl sites for hydroxylation is 3. The van der Waals surface area contributed by atoms with Gasteiger partial charge in [-0.05, 0) is 43.2 Å². The summed E-state index contributed by atoms with van der Waals surface area (Å²) in [6, 6.07) is 4.31. The lowest BCUT2D eigenvalue weighted by molar-refractivity contribution is -0.384. The van der Waals surface area contributed by atoms with Gasteiger partial charge < -0.3 is 5.32 Å². The molecule has 1 N–H and O–H groups in total. The molecule has 162 valence electrons. The van der Waals surface area contributed by atoms with E-state index in [1.807, 2.05) is 6.92 Å². The minimum absolute atomic E-state index is 0.102. The number of non-ortho nitro benzene ring substituents is 1. The molecule has 31 heavy (non-hydrogen) atoms. The molecular weight excluding hydrogens is 416 g/mol. The maximum absolute atomic E-state index is 13.4. The van der Waals surface area contributed by atoms with Gasteiger partial charge in [-0.25, -0.2) is 4.98 Å². The Labute approximate surface area is 183 Å². The number of nitro benzene ring substituents is 1. The number of aromatic nitrogens is 2. The lowest BCUT2D eigenvalue weighted by Crippen LogP contribution is -2.31. The van der Waals surface area contributed by atoms with Crippen molar-refractivity contribution in [3.05, 3.63) is 60.5 Å². The maximum Gasteiger partial charge on any atom is 0.271 e. The van der Waals surface area contributed by atoms with E-state index >= 15 is 0 Å². The first-order valence-electron chi connectivity index (χ1n) is 10.4. The number of carbonyl (C=O) groups is 1. The normalized spacial score (nSPS) is 15.6. The number of thiophene rings is 1. The van der Waals surface area contributed by atoms with Crippen LogP contribution in [0.15, 0.2) is 23.0 Å². The average Bonchev–Trinajstić information content (AvgIpc) is 3.08. The molecule has 1 unspecified atom stereocenters. The number of rotatable bonds is 5. The van der Waals surface area contributed by atoms with E-state index in [0.29, 0.717) is 34.8 Å². The lowest BCUT2D eigenvalue weighted by atomic mass is 9.89. The van der Waals surface area contributed by atoms with Gasteiger partial charge in [0.15, 0.2) is 0 Å². The number of nitrogens with one attached hydrogen (secondary N) is 1. The first-order chi connectivity index (χ1) is 14.8. The Bertz CT molecular complexity index is 1260. The number of hydrogen-bond donors (Lipinski definition) is 1. The highest BCUT2D eigenvalue weighted by Crippen LogP contribution is 2.35. The second kappa shape index (κ2) is 8.22. The molecule has 2 aromatic heterocycles. The first-order valence-corrected chi connectivity index (χ1v) is 11.2. The monoisotopic (exact) mass is 440 g/mol. The van der Waals surface area contributed by atoms with Gasteiger partial charge in [0.25, 0.3) is 11.2 Å². The van der Waals surface area contributed by atoms with Crippen molar-refractivity contribution in [3.8, 4) is 0 Å². The summed E-state index contributed by atoms with van der Waals surface area (Å²) in [6.45, 7) is 5.70. The first kappa shape index (κ1) is 21.2. The molecule has 0 bridgehead atoms. The Morgan fingerprint density at radius 2 is 2.19 bits per heavy atom. The predicted octanol–water partition coefficient (Wildman–Crippen LogP) is 4.00. The second-order valence-corrected chi connectivity index (χ2v) is 9.19. The summed E-state index contributed by atoms with van der Waals surface area (Å²) in [5, 5.41) is 14.4. The lowest BCUT2D eigenvalue weighted by Gasteiger charge is -2.17. The molecule has 0 aliphatic heterocycles. The second-order valence-electron chi connectivity index (χ2n) is 8.11. The zero-order chi connectivity index (χ0) is 22.3. The van der Waals surface area contributed by atoms with Crippen LogP contribution in [0.3, 0.4) is 0 Å². The molecular formula is C22H24N4O4S. The number of benzene rings is 1. The highest BCUT2D eigenvalue weighted by Gasteiger charge is 2.25. The molecule has 1 aliphatic carbocycles. The highest BCUT2D eigenvalue weighted by molar-refractivity contribution is 7.18. The van der Waals surface area contributed by atoms with Gasteiger partial charge >= 0.3 is 0 Å². The van der Waals surface area contributed by atoms with Gasteiger partial charge in [-0.3, -0.25) is 24.3 Å². The SMILES string of the molecule is CCc1nc2sc3c(c2c(=O)n1CC(=O)Nc1cc([N+](=O)[O-])ccc1C)CCC(C)C3. The molecule has 1 aromatic carbocycles. The quantitative estimate of drug-likeness (QED) is 0.477. The summed E-state index contributed by atoms with van der Waals surface area (Å²) in [7, 11) is 0. The fourth-order valence-corrected chi connectivity index (χ4v) is 5.48. The zero-order valence-corrected chi connectivity index (χ0v) is 18.5. The van der Waals surface area contributed by atoms with Gasteiger partial charge in [-0.1, -0.05) is 19.9 Å². The van der Waals surface area contributed by atoms with Crippen molar-refractivity contribution in [1.82, 2.24) is 9.55 Å². The van der Waals surface area contributed by atoms with Gasteiger partial charge in [-0.15, -0.1) is 11.3 Å². The van der Waals surface area contributed by atoms with Crippen LogP contribution in [0.25, 0.3) is 10.2 Å². The topological polar surface area (TPSA) is 107 Å². The number of carbonyl (C=O) groups excluding carboxylic acids is 1. The van der Waals surface area contributed by atoms with E-state index in [0.717, 1.165) is 29.7 Å². The van der Waals surface area contributed by atoms with Gasteiger partial charge in [0, 0.05) is 23.4 Å². The Morgan fingerprint density at radius 3 is 2.90 bits per heavy atom. The minimum Gasteiger partial charge on any atom is -0.324 e. The van der Waals surface area contributed by atoms with Crippen LogP contribution in [0.1, 0.15) is 42.1 Å². The fourth-order valence-electron chi connectivity index (χ4n) is 4.09. The Balaban J connectivity index is 1.69. The molecule has 0 spiro atoms. The summed E-state index contributed by atoms with van der Waals surface area (Å²) in [5.74, 6) is 0.742. The molecule has 0 radical (unpaired) electrons. The van der Waals surface area contributed by atoms with Crippen LogP contribution in [-0.4, -0.2) is 20.4 Å². The Morgan fingerprint density at radius 1 is 1.42 bits per heavy atom. The highest BCUT2D eigenvalue weighted by atomic mass is 32.1. The summed E-state index contributed by atoms with van der Waals surface area (Å²) in [6.07, 6.45) is 3.38. The molecule has 0 fully saturated rings. The third-order valence-electron chi connectivity index (χ3n) is 5.82. The average molecular weight is 441 g/mol. The smallest absolute Gasteiger partial charge is 0.271 e. The number of fused-ring (bicyclic) bond motifs is 3. The number of amides is 1. The Kier molecular flexibility index (Phi) is 5.62. The number of anilines is 1. The van der Waals surface area contributed by atoms with Crippen LogP contribution in [0.4, 0.5) is 11.4 Å². The summed E-state index contributed by atoms with van der Waals surface area (Å²) < 4.78 is 1.44. The van der Waals surface area contributed by atoms with Gasteiger partial charge in [0.1, 0.15) is 17.2 Å². The van der Waals surface area contributed by atoms with E-state index < -0.39 is 10.8 Å². The summed E-state index contributed by atoms with van der Waals surface area (Å²) in [4.78, 5) is 43.4. The van der Waals surface area contributed by atoms with E-state index in [9.17, 15) is 19.7 Å². The van der Waals surface area contributed by atoms with Gasteiger partial charge in [0.05, 0.1) is 16.0 Å². The third kappa shape index (κ3) is 3.97. The molecule has 1 atom stereocenters. The summed E-state index contributed by atoms with van der Waals surface area (Å²) >= 11 is 1.59. The Hall–Kier alpha value is -3.07. The number of nitro groups is 1. The van der Waals surface area contributed by atoms with Crippen LogP contribution in [0.5, 0.6) is 0 Å². The predicted molar refractivity (Wildman–Crippen MR) is 121 cm³/mol. The number of nitrogens with zero attached hydrogens (tertiary/aromatic N) is 3. The number of hydrogen-bond acceptors (Lipinski definition) is 6.